The lowest BCUT2D eigenvalue weighted by atomic mass is 9.59. The zero-order chi connectivity index (χ0) is 17.4. The molecule has 6 heteroatoms. The van der Waals surface area contributed by atoms with Gasteiger partial charge in [0.25, 0.3) is 0 Å². The highest BCUT2D eigenvalue weighted by atomic mass is 16.5. The van der Waals surface area contributed by atoms with Crippen LogP contribution in [0.25, 0.3) is 0 Å². The second kappa shape index (κ2) is 6.18. The lowest BCUT2D eigenvalue weighted by Crippen LogP contribution is -2.46. The van der Waals surface area contributed by atoms with Gasteiger partial charge in [-0.1, -0.05) is 13.5 Å². The second-order valence-corrected chi connectivity index (χ2v) is 6.60. The van der Waals surface area contributed by atoms with E-state index in [-0.39, 0.29) is 5.57 Å². The van der Waals surface area contributed by atoms with Gasteiger partial charge in [0, 0.05) is 23.5 Å². The molecule has 0 bridgehead atoms. The van der Waals surface area contributed by atoms with E-state index in [1.54, 1.807) is 0 Å². The first kappa shape index (κ1) is 17.2. The molecule has 0 amide bonds. The Balaban J connectivity index is 2.49. The SMILES string of the molecule is C=C(C(=O)O)[C@H]1CC2=C(C(=O)O)CCC[C@]2(C)[C@@H](OC(C)=O)C1. The number of rotatable bonds is 4. The minimum Gasteiger partial charge on any atom is -0.478 e. The van der Waals surface area contributed by atoms with Crippen LogP contribution in [-0.4, -0.2) is 34.2 Å². The molecule has 126 valence electrons. The van der Waals surface area contributed by atoms with Crippen molar-refractivity contribution in [2.24, 2.45) is 11.3 Å². The summed E-state index contributed by atoms with van der Waals surface area (Å²) in [6.45, 7) is 6.83. The van der Waals surface area contributed by atoms with Crippen molar-refractivity contribution in [3.8, 4) is 0 Å². The number of carbonyl (C=O) groups is 3. The van der Waals surface area contributed by atoms with Gasteiger partial charge in [0.2, 0.25) is 0 Å². The number of hydrogen-bond donors (Lipinski definition) is 2. The predicted molar refractivity (Wildman–Crippen MR) is 81.7 cm³/mol. The van der Waals surface area contributed by atoms with Crippen LogP contribution in [0.2, 0.25) is 0 Å². The monoisotopic (exact) mass is 322 g/mol. The Kier molecular flexibility index (Phi) is 4.63. The summed E-state index contributed by atoms with van der Waals surface area (Å²) in [5, 5.41) is 18.7. The molecule has 0 aromatic carbocycles. The smallest absolute Gasteiger partial charge is 0.331 e. The third-order valence-electron chi connectivity index (χ3n) is 5.17. The zero-order valence-electron chi connectivity index (χ0n) is 13.4. The summed E-state index contributed by atoms with van der Waals surface area (Å²) in [5.41, 5.74) is 0.527. The Morgan fingerprint density at radius 3 is 2.48 bits per heavy atom. The number of ether oxygens (including phenoxy) is 1. The van der Waals surface area contributed by atoms with Crippen LogP contribution in [0.4, 0.5) is 0 Å². The Labute approximate surface area is 134 Å². The normalized spacial score (nSPS) is 30.3. The fourth-order valence-corrected chi connectivity index (χ4v) is 3.89. The number of hydrogen-bond acceptors (Lipinski definition) is 4. The van der Waals surface area contributed by atoms with E-state index in [4.69, 9.17) is 4.74 Å². The second-order valence-electron chi connectivity index (χ2n) is 6.60. The Morgan fingerprint density at radius 1 is 1.30 bits per heavy atom. The fourth-order valence-electron chi connectivity index (χ4n) is 3.89. The first-order valence-electron chi connectivity index (χ1n) is 7.72. The van der Waals surface area contributed by atoms with E-state index >= 15 is 0 Å². The highest BCUT2D eigenvalue weighted by Gasteiger charge is 2.49. The molecule has 2 N–H and O–H groups in total. The van der Waals surface area contributed by atoms with Crippen LogP contribution in [0.1, 0.15) is 46.0 Å². The molecule has 0 aliphatic heterocycles. The predicted octanol–water partition coefficient (Wildman–Crippen LogP) is 2.54. The molecule has 0 aromatic heterocycles. The number of fused-ring (bicyclic) bond motifs is 1. The summed E-state index contributed by atoms with van der Waals surface area (Å²) in [4.78, 5) is 34.3. The Morgan fingerprint density at radius 2 is 1.96 bits per heavy atom. The topological polar surface area (TPSA) is 101 Å². The summed E-state index contributed by atoms with van der Waals surface area (Å²) in [6.07, 6.45) is 2.07. The van der Waals surface area contributed by atoms with Crippen molar-refractivity contribution < 1.29 is 29.3 Å². The third-order valence-corrected chi connectivity index (χ3v) is 5.17. The van der Waals surface area contributed by atoms with Gasteiger partial charge in [-0.15, -0.1) is 0 Å². The summed E-state index contributed by atoms with van der Waals surface area (Å²) < 4.78 is 5.45. The van der Waals surface area contributed by atoms with Crippen LogP contribution >= 0.6 is 0 Å². The lowest BCUT2D eigenvalue weighted by molar-refractivity contribution is -0.155. The summed E-state index contributed by atoms with van der Waals surface area (Å²) >= 11 is 0. The Bertz CT molecular complexity index is 602. The molecule has 6 nitrogen and oxygen atoms in total. The minimum atomic E-state index is -1.10. The Hall–Kier alpha value is -2.11. The van der Waals surface area contributed by atoms with Crippen LogP contribution in [0.5, 0.6) is 0 Å². The lowest BCUT2D eigenvalue weighted by Gasteiger charge is -2.48. The molecular formula is C17H22O6. The molecule has 2 rings (SSSR count). The van der Waals surface area contributed by atoms with Crippen molar-refractivity contribution in [3.05, 3.63) is 23.3 Å². The van der Waals surface area contributed by atoms with E-state index in [9.17, 15) is 24.6 Å². The average molecular weight is 322 g/mol. The molecule has 23 heavy (non-hydrogen) atoms. The standard InChI is InChI=1S/C17H22O6/c1-9(15(19)20)11-7-13-12(16(21)22)5-4-6-17(13,3)14(8-11)23-10(2)18/h11,14H,1,4-8H2,2-3H3,(H,19,20)(H,21,22)/t11-,14-,17-/m0/s1. The van der Waals surface area contributed by atoms with Gasteiger partial charge in [0.1, 0.15) is 6.10 Å². The van der Waals surface area contributed by atoms with Crippen molar-refractivity contribution in [1.29, 1.82) is 0 Å². The van der Waals surface area contributed by atoms with Gasteiger partial charge in [-0.3, -0.25) is 4.79 Å². The number of aliphatic carboxylic acids is 2. The first-order valence-corrected chi connectivity index (χ1v) is 7.72. The molecule has 3 atom stereocenters. The largest absolute Gasteiger partial charge is 0.478 e. The average Bonchev–Trinajstić information content (AvgIpc) is 2.45. The van der Waals surface area contributed by atoms with Crippen LogP contribution in [0, 0.1) is 11.3 Å². The summed E-state index contributed by atoms with van der Waals surface area (Å²) in [5.74, 6) is -2.95. The molecule has 0 spiro atoms. The van der Waals surface area contributed by atoms with Gasteiger partial charge in [0.05, 0.1) is 0 Å². The highest BCUT2D eigenvalue weighted by molar-refractivity contribution is 5.89. The first-order chi connectivity index (χ1) is 10.7. The van der Waals surface area contributed by atoms with Crippen molar-refractivity contribution in [1.82, 2.24) is 0 Å². The summed E-state index contributed by atoms with van der Waals surface area (Å²) in [7, 11) is 0. The highest BCUT2D eigenvalue weighted by Crippen LogP contribution is 2.53. The van der Waals surface area contributed by atoms with Crippen molar-refractivity contribution in [3.63, 3.8) is 0 Å². The molecular weight excluding hydrogens is 300 g/mol. The van der Waals surface area contributed by atoms with E-state index in [1.165, 1.54) is 6.92 Å². The van der Waals surface area contributed by atoms with Gasteiger partial charge in [0.15, 0.2) is 0 Å². The molecule has 2 aliphatic carbocycles. The minimum absolute atomic E-state index is 0.0343. The third kappa shape index (κ3) is 3.16. The van der Waals surface area contributed by atoms with E-state index in [1.807, 2.05) is 6.92 Å². The zero-order valence-corrected chi connectivity index (χ0v) is 13.4. The number of esters is 1. The number of carboxylic acid groups (broad SMARTS) is 2. The molecule has 2 aliphatic rings. The van der Waals surface area contributed by atoms with E-state index < -0.39 is 35.3 Å². The van der Waals surface area contributed by atoms with E-state index in [0.29, 0.717) is 36.8 Å². The van der Waals surface area contributed by atoms with Crippen LogP contribution in [0.15, 0.2) is 23.3 Å². The summed E-state index contributed by atoms with van der Waals surface area (Å²) in [6, 6.07) is 0. The molecule has 0 heterocycles. The van der Waals surface area contributed by atoms with Crippen molar-refractivity contribution >= 4 is 17.9 Å². The number of carbonyl (C=O) groups excluding carboxylic acids is 1. The molecule has 0 unspecified atom stereocenters. The molecule has 0 radical (unpaired) electrons. The van der Waals surface area contributed by atoms with E-state index in [2.05, 4.69) is 6.58 Å². The molecule has 0 aromatic rings. The maximum absolute atomic E-state index is 11.6. The maximum atomic E-state index is 11.6. The molecule has 1 fully saturated rings. The van der Waals surface area contributed by atoms with Crippen molar-refractivity contribution in [2.75, 3.05) is 0 Å². The maximum Gasteiger partial charge on any atom is 0.331 e. The quantitative estimate of drug-likeness (QED) is 0.609. The van der Waals surface area contributed by atoms with Crippen LogP contribution in [0.3, 0.4) is 0 Å². The number of carboxylic acids is 2. The van der Waals surface area contributed by atoms with Gasteiger partial charge in [-0.25, -0.2) is 9.59 Å². The van der Waals surface area contributed by atoms with Gasteiger partial charge < -0.3 is 14.9 Å². The fraction of sp³-hybridized carbons (Fsp3) is 0.588. The van der Waals surface area contributed by atoms with Gasteiger partial charge >= 0.3 is 17.9 Å². The van der Waals surface area contributed by atoms with E-state index in [0.717, 1.165) is 6.42 Å². The van der Waals surface area contributed by atoms with Gasteiger partial charge in [-0.2, -0.15) is 0 Å². The van der Waals surface area contributed by atoms with Crippen molar-refractivity contribution in [2.45, 2.75) is 52.1 Å². The molecule has 1 saturated carbocycles. The van der Waals surface area contributed by atoms with Crippen LogP contribution < -0.4 is 0 Å². The molecule has 0 saturated heterocycles. The van der Waals surface area contributed by atoms with Crippen LogP contribution in [-0.2, 0) is 19.1 Å². The van der Waals surface area contributed by atoms with Gasteiger partial charge in [-0.05, 0) is 43.6 Å².